The highest BCUT2D eigenvalue weighted by atomic mass is 16.2. The van der Waals surface area contributed by atoms with Crippen LogP contribution in [0.3, 0.4) is 0 Å². The van der Waals surface area contributed by atoms with Crippen LogP contribution in [0, 0.1) is 5.92 Å². The Morgan fingerprint density at radius 1 is 1.50 bits per heavy atom. The minimum Gasteiger partial charge on any atom is -0.312 e. The molecule has 1 aliphatic rings. The lowest BCUT2D eigenvalue weighted by atomic mass is 9.89. The molecule has 1 aromatic carbocycles. The Hall–Kier alpha value is -1.31. The van der Waals surface area contributed by atoms with Gasteiger partial charge in [0.2, 0.25) is 5.91 Å². The van der Waals surface area contributed by atoms with Gasteiger partial charge in [-0.25, -0.2) is 0 Å². The zero-order valence-electron chi connectivity index (χ0n) is 11.9. The fourth-order valence-corrected chi connectivity index (χ4v) is 2.72. The molecule has 0 saturated heterocycles. The highest BCUT2D eigenvalue weighted by molar-refractivity contribution is 5.92. The van der Waals surface area contributed by atoms with Crippen molar-refractivity contribution in [1.29, 1.82) is 0 Å². The molecule has 1 heterocycles. The Labute approximate surface area is 110 Å². The molecule has 0 bridgehead atoms. The van der Waals surface area contributed by atoms with E-state index in [1.165, 1.54) is 11.1 Å². The van der Waals surface area contributed by atoms with E-state index in [1.54, 1.807) is 6.92 Å². The molecule has 2 atom stereocenters. The average Bonchev–Trinajstić information content (AvgIpc) is 2.35. The van der Waals surface area contributed by atoms with Gasteiger partial charge in [0.1, 0.15) is 0 Å². The first kappa shape index (κ1) is 13.1. The second kappa shape index (κ2) is 5.13. The molecule has 1 aliphatic heterocycles. The Bertz CT molecular complexity index is 452. The average molecular weight is 245 g/mol. The molecule has 1 aromatic rings. The van der Waals surface area contributed by atoms with Crippen molar-refractivity contribution < 1.29 is 4.79 Å². The Kier molecular flexibility index (Phi) is 3.74. The third-order valence-corrected chi connectivity index (χ3v) is 4.02. The highest BCUT2D eigenvalue weighted by Crippen LogP contribution is 2.32. The molecule has 2 unspecified atom stereocenters. The molecule has 2 nitrogen and oxygen atoms in total. The number of rotatable bonds is 2. The van der Waals surface area contributed by atoms with Crippen LogP contribution in [-0.2, 0) is 11.2 Å². The quantitative estimate of drug-likeness (QED) is 0.777. The van der Waals surface area contributed by atoms with Gasteiger partial charge in [-0.2, -0.15) is 0 Å². The van der Waals surface area contributed by atoms with Gasteiger partial charge < -0.3 is 4.90 Å². The molecule has 0 N–H and O–H groups in total. The fraction of sp³-hybridized carbons (Fsp3) is 0.562. The van der Waals surface area contributed by atoms with E-state index in [0.717, 1.165) is 25.1 Å². The van der Waals surface area contributed by atoms with E-state index in [1.807, 2.05) is 4.90 Å². The zero-order valence-corrected chi connectivity index (χ0v) is 11.9. The topological polar surface area (TPSA) is 20.3 Å². The van der Waals surface area contributed by atoms with Gasteiger partial charge in [-0.3, -0.25) is 4.79 Å². The van der Waals surface area contributed by atoms with Crippen molar-refractivity contribution in [1.82, 2.24) is 0 Å². The van der Waals surface area contributed by atoms with Gasteiger partial charge in [-0.1, -0.05) is 32.9 Å². The van der Waals surface area contributed by atoms with Gasteiger partial charge in [-0.15, -0.1) is 0 Å². The molecule has 0 aliphatic carbocycles. The van der Waals surface area contributed by atoms with Gasteiger partial charge in [0.25, 0.3) is 0 Å². The van der Waals surface area contributed by atoms with Crippen molar-refractivity contribution in [2.45, 2.75) is 46.5 Å². The van der Waals surface area contributed by atoms with E-state index in [9.17, 15) is 4.79 Å². The number of fused-ring (bicyclic) bond motifs is 1. The van der Waals surface area contributed by atoms with Crippen LogP contribution in [0.15, 0.2) is 18.2 Å². The van der Waals surface area contributed by atoms with Crippen molar-refractivity contribution in [2.24, 2.45) is 5.92 Å². The maximum Gasteiger partial charge on any atom is 0.223 e. The molecule has 2 heteroatoms. The summed E-state index contributed by atoms with van der Waals surface area (Å²) < 4.78 is 0. The summed E-state index contributed by atoms with van der Waals surface area (Å²) in [5, 5.41) is 0. The van der Waals surface area contributed by atoms with Gasteiger partial charge in [0.15, 0.2) is 0 Å². The van der Waals surface area contributed by atoms with Crippen LogP contribution in [-0.4, -0.2) is 12.5 Å². The number of carbonyl (C=O) groups is 1. The van der Waals surface area contributed by atoms with Gasteiger partial charge in [0, 0.05) is 19.2 Å². The van der Waals surface area contributed by atoms with Crippen molar-refractivity contribution in [3.63, 3.8) is 0 Å². The van der Waals surface area contributed by atoms with Crippen LogP contribution < -0.4 is 4.90 Å². The van der Waals surface area contributed by atoms with Crippen LogP contribution in [0.4, 0.5) is 5.69 Å². The second-order valence-corrected chi connectivity index (χ2v) is 5.64. The first-order valence-corrected chi connectivity index (χ1v) is 6.93. The molecule has 0 spiro atoms. The van der Waals surface area contributed by atoms with E-state index >= 15 is 0 Å². The first-order chi connectivity index (χ1) is 8.52. The number of hydrogen-bond donors (Lipinski definition) is 0. The lowest BCUT2D eigenvalue weighted by Gasteiger charge is -2.33. The maximum absolute atomic E-state index is 11.7. The summed E-state index contributed by atoms with van der Waals surface area (Å²) in [6, 6.07) is 6.61. The zero-order chi connectivity index (χ0) is 13.3. The molecule has 0 radical (unpaired) electrons. The maximum atomic E-state index is 11.7. The van der Waals surface area contributed by atoms with Gasteiger partial charge in [-0.05, 0) is 41.9 Å². The number of carbonyl (C=O) groups excluding carboxylic acids is 1. The summed E-state index contributed by atoms with van der Waals surface area (Å²) in [5.41, 5.74) is 3.85. The van der Waals surface area contributed by atoms with Crippen molar-refractivity contribution in [3.8, 4) is 0 Å². The molecule has 0 aromatic heterocycles. The lowest BCUT2D eigenvalue weighted by molar-refractivity contribution is -0.116. The second-order valence-electron chi connectivity index (χ2n) is 5.64. The van der Waals surface area contributed by atoms with E-state index in [2.05, 4.69) is 39.0 Å². The predicted molar refractivity (Wildman–Crippen MR) is 76.0 cm³/mol. The van der Waals surface area contributed by atoms with Crippen LogP contribution in [0.1, 0.15) is 51.2 Å². The van der Waals surface area contributed by atoms with Crippen molar-refractivity contribution >= 4 is 11.6 Å². The Morgan fingerprint density at radius 2 is 2.22 bits per heavy atom. The summed E-state index contributed by atoms with van der Waals surface area (Å²) in [4.78, 5) is 13.6. The van der Waals surface area contributed by atoms with Gasteiger partial charge >= 0.3 is 0 Å². The molecular weight excluding hydrogens is 222 g/mol. The summed E-state index contributed by atoms with van der Waals surface area (Å²) >= 11 is 0. The number of nitrogens with zero attached hydrogens (tertiary/aromatic N) is 1. The smallest absolute Gasteiger partial charge is 0.223 e. The first-order valence-electron chi connectivity index (χ1n) is 6.93. The van der Waals surface area contributed by atoms with E-state index in [4.69, 9.17) is 0 Å². The summed E-state index contributed by atoms with van der Waals surface area (Å²) in [6.45, 7) is 9.20. The van der Waals surface area contributed by atoms with E-state index in [-0.39, 0.29) is 5.91 Å². The minimum absolute atomic E-state index is 0.152. The SMILES string of the molecule is CCC(C)c1ccc2c(c1)CC(C)CN2C(C)=O. The third-order valence-electron chi connectivity index (χ3n) is 4.02. The van der Waals surface area contributed by atoms with E-state index in [0.29, 0.717) is 11.8 Å². The van der Waals surface area contributed by atoms with Crippen LogP contribution in [0.25, 0.3) is 0 Å². The summed E-state index contributed by atoms with van der Waals surface area (Å²) in [5.74, 6) is 1.30. The summed E-state index contributed by atoms with van der Waals surface area (Å²) in [6.07, 6.45) is 2.24. The number of anilines is 1. The summed E-state index contributed by atoms with van der Waals surface area (Å²) in [7, 11) is 0. The monoisotopic (exact) mass is 245 g/mol. The standard InChI is InChI=1S/C16H23NO/c1-5-12(3)14-6-7-16-15(9-14)8-11(2)10-17(16)13(4)18/h6-7,9,11-12H,5,8,10H2,1-4H3. The molecule has 2 rings (SSSR count). The van der Waals surface area contributed by atoms with E-state index < -0.39 is 0 Å². The molecule has 0 saturated carbocycles. The Balaban J connectivity index is 2.40. The number of hydrogen-bond acceptors (Lipinski definition) is 1. The highest BCUT2D eigenvalue weighted by Gasteiger charge is 2.24. The number of benzene rings is 1. The van der Waals surface area contributed by atoms with Crippen LogP contribution in [0.2, 0.25) is 0 Å². The molecular formula is C16H23NO. The largest absolute Gasteiger partial charge is 0.312 e. The van der Waals surface area contributed by atoms with Crippen molar-refractivity contribution in [2.75, 3.05) is 11.4 Å². The lowest BCUT2D eigenvalue weighted by Crippen LogP contribution is -2.37. The number of amides is 1. The molecule has 18 heavy (non-hydrogen) atoms. The molecule has 0 fully saturated rings. The van der Waals surface area contributed by atoms with Gasteiger partial charge in [0.05, 0.1) is 0 Å². The van der Waals surface area contributed by atoms with Crippen molar-refractivity contribution in [3.05, 3.63) is 29.3 Å². The fourth-order valence-electron chi connectivity index (χ4n) is 2.72. The predicted octanol–water partition coefficient (Wildman–Crippen LogP) is 3.75. The van der Waals surface area contributed by atoms with Crippen LogP contribution >= 0.6 is 0 Å². The third kappa shape index (κ3) is 2.43. The van der Waals surface area contributed by atoms with Crippen LogP contribution in [0.5, 0.6) is 0 Å². The molecule has 1 amide bonds. The molecule has 98 valence electrons. The normalized spacial score (nSPS) is 20.4. The Morgan fingerprint density at radius 3 is 2.83 bits per heavy atom. The minimum atomic E-state index is 0.152.